The number of amides is 1. The number of hydrogen-bond donors (Lipinski definition) is 0. The van der Waals surface area contributed by atoms with Gasteiger partial charge < -0.3 is 19.3 Å². The predicted octanol–water partition coefficient (Wildman–Crippen LogP) is 1.77. The zero-order chi connectivity index (χ0) is 18.5. The van der Waals surface area contributed by atoms with Gasteiger partial charge in [-0.25, -0.2) is 9.97 Å². The Kier molecular flexibility index (Phi) is 5.55. The van der Waals surface area contributed by atoms with Crippen molar-refractivity contribution in [3.63, 3.8) is 0 Å². The Hall–Kier alpha value is -2.83. The van der Waals surface area contributed by atoms with Crippen LogP contribution in [-0.2, 0) is 11.2 Å². The lowest BCUT2D eigenvalue weighted by molar-refractivity contribution is -0.130. The number of hydrogen-bond acceptors (Lipinski definition) is 6. The van der Waals surface area contributed by atoms with Crippen molar-refractivity contribution in [2.45, 2.75) is 18.9 Å². The molecule has 0 aliphatic carbocycles. The lowest BCUT2D eigenvalue weighted by Gasteiger charge is -2.25. The van der Waals surface area contributed by atoms with E-state index in [1.807, 2.05) is 36.2 Å². The molecule has 7 heteroatoms. The van der Waals surface area contributed by atoms with Gasteiger partial charge in [0.15, 0.2) is 5.82 Å². The van der Waals surface area contributed by atoms with Crippen LogP contribution >= 0.6 is 0 Å². The molecular weight excluding hydrogens is 332 g/mol. The second-order valence-electron chi connectivity index (χ2n) is 6.31. The van der Waals surface area contributed by atoms with Gasteiger partial charge >= 0.3 is 0 Å². The van der Waals surface area contributed by atoms with Crippen LogP contribution in [0.5, 0.6) is 11.6 Å². The van der Waals surface area contributed by atoms with Crippen LogP contribution in [0.1, 0.15) is 12.0 Å². The van der Waals surface area contributed by atoms with Gasteiger partial charge in [-0.05, 0) is 24.1 Å². The predicted molar refractivity (Wildman–Crippen MR) is 98.7 cm³/mol. The monoisotopic (exact) mass is 356 g/mol. The van der Waals surface area contributed by atoms with Crippen LogP contribution in [0.4, 0.5) is 5.82 Å². The normalized spacial score (nSPS) is 16.4. The fraction of sp³-hybridized carbons (Fsp3) is 0.421. The van der Waals surface area contributed by atoms with Gasteiger partial charge in [0.25, 0.3) is 5.88 Å². The Morgan fingerprint density at radius 1 is 1.19 bits per heavy atom. The Bertz CT molecular complexity index is 751. The van der Waals surface area contributed by atoms with Crippen LogP contribution in [-0.4, -0.2) is 61.2 Å². The van der Waals surface area contributed by atoms with Crippen LogP contribution < -0.4 is 14.4 Å². The Morgan fingerprint density at radius 2 is 1.92 bits per heavy atom. The van der Waals surface area contributed by atoms with E-state index < -0.39 is 0 Å². The summed E-state index contributed by atoms with van der Waals surface area (Å²) in [6, 6.07) is 7.75. The highest BCUT2D eigenvalue weighted by Gasteiger charge is 2.30. The summed E-state index contributed by atoms with van der Waals surface area (Å²) in [6.45, 7) is 1.54. The van der Waals surface area contributed by atoms with E-state index in [4.69, 9.17) is 9.47 Å². The van der Waals surface area contributed by atoms with Crippen molar-refractivity contribution < 1.29 is 14.3 Å². The third-order valence-electron chi connectivity index (χ3n) is 4.76. The second kappa shape index (κ2) is 8.03. The summed E-state index contributed by atoms with van der Waals surface area (Å²) in [4.78, 5) is 25.2. The highest BCUT2D eigenvalue weighted by Crippen LogP contribution is 2.27. The van der Waals surface area contributed by atoms with Crippen LogP contribution in [0.3, 0.4) is 0 Å². The van der Waals surface area contributed by atoms with Crippen molar-refractivity contribution in [2.24, 2.45) is 0 Å². The molecule has 2 heterocycles. The summed E-state index contributed by atoms with van der Waals surface area (Å²) < 4.78 is 10.4. The lowest BCUT2D eigenvalue weighted by Crippen LogP contribution is -2.40. The summed E-state index contributed by atoms with van der Waals surface area (Å²) in [6.07, 6.45) is 4.54. The number of carbonyl (C=O) groups excluding carboxylic acids is 1. The van der Waals surface area contributed by atoms with Gasteiger partial charge in [-0.1, -0.05) is 12.1 Å². The first kappa shape index (κ1) is 18.0. The number of carbonyl (C=O) groups is 1. The molecule has 7 nitrogen and oxygen atoms in total. The Labute approximate surface area is 153 Å². The maximum Gasteiger partial charge on any atom is 0.257 e. The third kappa shape index (κ3) is 3.87. The Morgan fingerprint density at radius 3 is 2.62 bits per heavy atom. The highest BCUT2D eigenvalue weighted by molar-refractivity contribution is 5.79. The Balaban J connectivity index is 1.61. The molecular formula is C19H24N4O3. The molecule has 1 saturated heterocycles. The molecule has 1 aliphatic rings. The van der Waals surface area contributed by atoms with Gasteiger partial charge in [0.2, 0.25) is 5.91 Å². The molecule has 1 atom stereocenters. The zero-order valence-electron chi connectivity index (χ0n) is 15.4. The van der Waals surface area contributed by atoms with Crippen molar-refractivity contribution in [3.05, 3.63) is 42.2 Å². The molecule has 2 aromatic rings. The van der Waals surface area contributed by atoms with E-state index >= 15 is 0 Å². The van der Waals surface area contributed by atoms with Crippen molar-refractivity contribution in [2.75, 3.05) is 39.3 Å². The van der Waals surface area contributed by atoms with E-state index in [0.717, 1.165) is 36.6 Å². The number of aromatic nitrogens is 2. The minimum atomic E-state index is 0.105. The summed E-state index contributed by atoms with van der Waals surface area (Å²) in [5, 5.41) is 0. The smallest absolute Gasteiger partial charge is 0.257 e. The van der Waals surface area contributed by atoms with E-state index in [0.29, 0.717) is 12.3 Å². The van der Waals surface area contributed by atoms with Gasteiger partial charge in [0, 0.05) is 32.5 Å². The summed E-state index contributed by atoms with van der Waals surface area (Å²) in [7, 11) is 5.09. The molecule has 0 saturated carbocycles. The molecule has 3 rings (SSSR count). The minimum absolute atomic E-state index is 0.105. The fourth-order valence-corrected chi connectivity index (χ4v) is 3.18. The topological polar surface area (TPSA) is 67.8 Å². The quantitative estimate of drug-likeness (QED) is 0.786. The lowest BCUT2D eigenvalue weighted by atomic mass is 10.1. The first-order chi connectivity index (χ1) is 12.6. The first-order valence-electron chi connectivity index (χ1n) is 8.61. The minimum Gasteiger partial charge on any atom is -0.497 e. The van der Waals surface area contributed by atoms with Crippen LogP contribution in [0.15, 0.2) is 36.7 Å². The van der Waals surface area contributed by atoms with Gasteiger partial charge in [-0.3, -0.25) is 4.79 Å². The molecule has 1 aromatic carbocycles. The van der Waals surface area contributed by atoms with E-state index in [2.05, 4.69) is 14.9 Å². The molecule has 0 bridgehead atoms. The molecule has 0 spiro atoms. The molecule has 138 valence electrons. The first-order valence-corrected chi connectivity index (χ1v) is 8.61. The van der Waals surface area contributed by atoms with Gasteiger partial charge in [-0.15, -0.1) is 0 Å². The maximum absolute atomic E-state index is 12.6. The number of nitrogens with zero attached hydrogens (tertiary/aromatic N) is 4. The van der Waals surface area contributed by atoms with E-state index in [-0.39, 0.29) is 11.9 Å². The standard InChI is InChI=1S/C19H24N4O3/c1-22(17(24)12-14-4-6-16(25-2)7-5-14)15-8-11-23(13-15)18-19(26-3)21-10-9-20-18/h4-7,9-10,15H,8,11-13H2,1-3H3/t15-/m0/s1. The van der Waals surface area contributed by atoms with E-state index in [1.165, 1.54) is 0 Å². The van der Waals surface area contributed by atoms with Crippen molar-refractivity contribution in [1.29, 1.82) is 0 Å². The molecule has 0 unspecified atom stereocenters. The highest BCUT2D eigenvalue weighted by atomic mass is 16.5. The number of anilines is 1. The molecule has 0 radical (unpaired) electrons. The average molecular weight is 356 g/mol. The third-order valence-corrected chi connectivity index (χ3v) is 4.76. The van der Waals surface area contributed by atoms with Crippen LogP contribution in [0.25, 0.3) is 0 Å². The van der Waals surface area contributed by atoms with Crippen LogP contribution in [0.2, 0.25) is 0 Å². The van der Waals surface area contributed by atoms with Gasteiger partial charge in [0.05, 0.1) is 26.7 Å². The molecule has 1 amide bonds. The van der Waals surface area contributed by atoms with Crippen molar-refractivity contribution in [1.82, 2.24) is 14.9 Å². The average Bonchev–Trinajstić information content (AvgIpc) is 3.17. The van der Waals surface area contributed by atoms with Crippen molar-refractivity contribution in [3.8, 4) is 11.6 Å². The van der Waals surface area contributed by atoms with Crippen molar-refractivity contribution >= 4 is 11.7 Å². The van der Waals surface area contributed by atoms with Crippen LogP contribution in [0, 0.1) is 0 Å². The summed E-state index contributed by atoms with van der Waals surface area (Å²) >= 11 is 0. The number of rotatable bonds is 6. The maximum atomic E-state index is 12.6. The van der Waals surface area contributed by atoms with Gasteiger partial charge in [0.1, 0.15) is 5.75 Å². The molecule has 0 N–H and O–H groups in total. The van der Waals surface area contributed by atoms with E-state index in [9.17, 15) is 4.79 Å². The molecule has 1 aromatic heterocycles. The number of benzene rings is 1. The summed E-state index contributed by atoms with van der Waals surface area (Å²) in [5.41, 5.74) is 0.980. The fourth-order valence-electron chi connectivity index (χ4n) is 3.18. The van der Waals surface area contributed by atoms with Gasteiger partial charge in [-0.2, -0.15) is 0 Å². The van der Waals surface area contributed by atoms with E-state index in [1.54, 1.807) is 26.6 Å². The zero-order valence-corrected chi connectivity index (χ0v) is 15.4. The number of methoxy groups -OCH3 is 2. The summed E-state index contributed by atoms with van der Waals surface area (Å²) in [5.74, 6) is 2.14. The molecule has 26 heavy (non-hydrogen) atoms. The second-order valence-corrected chi connectivity index (χ2v) is 6.31. The largest absolute Gasteiger partial charge is 0.497 e. The number of likely N-dealkylation sites (N-methyl/N-ethyl adjacent to an activating group) is 1. The molecule has 1 fully saturated rings. The number of ether oxygens (including phenoxy) is 2. The molecule has 1 aliphatic heterocycles. The SMILES string of the molecule is COc1ccc(CC(=O)N(C)[C@H]2CCN(c3nccnc3OC)C2)cc1.